The summed E-state index contributed by atoms with van der Waals surface area (Å²) in [6, 6.07) is 9.79. The van der Waals surface area contributed by atoms with E-state index in [0.717, 1.165) is 12.2 Å². The van der Waals surface area contributed by atoms with Gasteiger partial charge in [0.15, 0.2) is 5.78 Å². The monoisotopic (exact) mass is 314 g/mol. The molecule has 0 amide bonds. The van der Waals surface area contributed by atoms with Crippen LogP contribution < -0.4 is 4.90 Å². The summed E-state index contributed by atoms with van der Waals surface area (Å²) < 4.78 is 4.78. The highest BCUT2D eigenvalue weighted by molar-refractivity contribution is 6.03. The Balaban J connectivity index is 2.26. The molecule has 5 heteroatoms. The van der Waals surface area contributed by atoms with Gasteiger partial charge in [-0.05, 0) is 38.5 Å². The first-order valence-electron chi connectivity index (χ1n) is 7.60. The molecule has 2 rings (SSSR count). The maximum atomic E-state index is 12.7. The molecule has 1 aromatic heterocycles. The summed E-state index contributed by atoms with van der Waals surface area (Å²) in [6.45, 7) is 6.51. The number of nitrogens with one attached hydrogen (secondary N) is 1. The minimum Gasteiger partial charge on any atom is -0.465 e. The van der Waals surface area contributed by atoms with E-state index in [1.807, 2.05) is 42.2 Å². The van der Waals surface area contributed by atoms with Crippen molar-refractivity contribution in [3.8, 4) is 0 Å². The normalized spacial score (nSPS) is 10.4. The Morgan fingerprint density at radius 3 is 2.39 bits per heavy atom. The van der Waals surface area contributed by atoms with E-state index in [0.29, 0.717) is 22.5 Å². The van der Waals surface area contributed by atoms with Crippen LogP contribution in [0.1, 0.15) is 39.0 Å². The molecule has 1 aromatic carbocycles. The number of H-pyrrole nitrogens is 1. The fourth-order valence-electron chi connectivity index (χ4n) is 2.71. The smallest absolute Gasteiger partial charge is 0.339 e. The van der Waals surface area contributed by atoms with E-state index < -0.39 is 5.97 Å². The van der Waals surface area contributed by atoms with Crippen molar-refractivity contribution in [1.29, 1.82) is 0 Å². The second-order valence-corrected chi connectivity index (χ2v) is 5.39. The number of aromatic amines is 1. The number of para-hydroxylation sites is 1. The number of nitrogens with zero attached hydrogens (tertiary/aromatic N) is 1. The van der Waals surface area contributed by atoms with Gasteiger partial charge in [-0.2, -0.15) is 0 Å². The van der Waals surface area contributed by atoms with Crippen molar-refractivity contribution in [3.05, 3.63) is 52.8 Å². The van der Waals surface area contributed by atoms with E-state index in [1.165, 1.54) is 7.11 Å². The molecule has 5 nitrogen and oxygen atoms in total. The number of likely N-dealkylation sites (N-methyl/N-ethyl adjacent to an activating group) is 1. The first-order valence-corrected chi connectivity index (χ1v) is 7.60. The number of aromatic nitrogens is 1. The van der Waals surface area contributed by atoms with E-state index in [4.69, 9.17) is 4.74 Å². The zero-order valence-electron chi connectivity index (χ0n) is 14.0. The number of benzene rings is 1. The van der Waals surface area contributed by atoms with Crippen LogP contribution in [-0.2, 0) is 4.74 Å². The van der Waals surface area contributed by atoms with E-state index >= 15 is 0 Å². The lowest BCUT2D eigenvalue weighted by atomic mass is 10.1. The van der Waals surface area contributed by atoms with Crippen molar-refractivity contribution in [1.82, 2.24) is 4.98 Å². The van der Waals surface area contributed by atoms with Gasteiger partial charge in [0.25, 0.3) is 0 Å². The number of anilines is 1. The molecular formula is C18H22N2O3. The number of aryl methyl sites for hydroxylation is 1. The number of carbonyl (C=O) groups excluding carboxylic acids is 2. The van der Waals surface area contributed by atoms with Gasteiger partial charge in [-0.25, -0.2) is 4.79 Å². The van der Waals surface area contributed by atoms with Crippen molar-refractivity contribution in [2.45, 2.75) is 20.8 Å². The van der Waals surface area contributed by atoms with E-state index in [2.05, 4.69) is 4.98 Å². The highest BCUT2D eigenvalue weighted by Gasteiger charge is 2.23. The van der Waals surface area contributed by atoms with Crippen molar-refractivity contribution in [3.63, 3.8) is 0 Å². The van der Waals surface area contributed by atoms with Crippen molar-refractivity contribution < 1.29 is 14.3 Å². The van der Waals surface area contributed by atoms with Crippen LogP contribution in [0.15, 0.2) is 30.3 Å². The Morgan fingerprint density at radius 1 is 1.17 bits per heavy atom. The summed E-state index contributed by atoms with van der Waals surface area (Å²) in [5.74, 6) is -0.475. The molecule has 2 aromatic rings. The lowest BCUT2D eigenvalue weighted by Crippen LogP contribution is -2.30. The lowest BCUT2D eigenvalue weighted by Gasteiger charge is -2.22. The van der Waals surface area contributed by atoms with E-state index in [1.54, 1.807) is 13.8 Å². The predicted octanol–water partition coefficient (Wildman–Crippen LogP) is 3.13. The number of carbonyl (C=O) groups is 2. The third-order valence-electron chi connectivity index (χ3n) is 3.94. The van der Waals surface area contributed by atoms with Crippen LogP contribution in [0.25, 0.3) is 0 Å². The number of hydrogen-bond acceptors (Lipinski definition) is 4. The first-order chi connectivity index (χ1) is 11.0. The van der Waals surface area contributed by atoms with Gasteiger partial charge in [-0.3, -0.25) is 4.79 Å². The number of ether oxygens (including phenoxy) is 1. The first kappa shape index (κ1) is 16.8. The summed E-state index contributed by atoms with van der Waals surface area (Å²) >= 11 is 0. The number of esters is 1. The fraction of sp³-hybridized carbons (Fsp3) is 0.333. The highest BCUT2D eigenvalue weighted by atomic mass is 16.5. The Labute approximate surface area is 136 Å². The molecule has 1 heterocycles. The molecule has 0 spiro atoms. The largest absolute Gasteiger partial charge is 0.465 e. The maximum absolute atomic E-state index is 12.7. The minimum absolute atomic E-state index is 0.0496. The van der Waals surface area contributed by atoms with Crippen molar-refractivity contribution in [2.24, 2.45) is 0 Å². The molecule has 0 aliphatic carbocycles. The zero-order valence-corrected chi connectivity index (χ0v) is 14.0. The minimum atomic E-state index is -0.425. The number of ketones is 1. The summed E-state index contributed by atoms with van der Waals surface area (Å²) in [7, 11) is 1.34. The molecular weight excluding hydrogens is 292 g/mol. The average Bonchev–Trinajstić information content (AvgIpc) is 2.87. The van der Waals surface area contributed by atoms with Gasteiger partial charge < -0.3 is 14.6 Å². The average molecular weight is 314 g/mol. The topological polar surface area (TPSA) is 62.4 Å². The van der Waals surface area contributed by atoms with Gasteiger partial charge in [0.05, 0.1) is 24.9 Å². The Kier molecular flexibility index (Phi) is 5.21. The third-order valence-corrected chi connectivity index (χ3v) is 3.94. The molecule has 1 N–H and O–H groups in total. The van der Waals surface area contributed by atoms with Crippen LogP contribution in [0.2, 0.25) is 0 Å². The molecule has 0 aliphatic heterocycles. The van der Waals surface area contributed by atoms with Gasteiger partial charge >= 0.3 is 5.97 Å². The number of hydrogen-bond donors (Lipinski definition) is 1. The molecule has 0 fully saturated rings. The third kappa shape index (κ3) is 3.44. The molecule has 0 bridgehead atoms. The molecule has 23 heavy (non-hydrogen) atoms. The van der Waals surface area contributed by atoms with Gasteiger partial charge in [0.2, 0.25) is 0 Å². The number of rotatable bonds is 6. The van der Waals surface area contributed by atoms with Crippen LogP contribution in [0.5, 0.6) is 0 Å². The maximum Gasteiger partial charge on any atom is 0.339 e. The zero-order chi connectivity index (χ0) is 17.0. The van der Waals surface area contributed by atoms with Crippen LogP contribution >= 0.6 is 0 Å². The predicted molar refractivity (Wildman–Crippen MR) is 90.3 cm³/mol. The Bertz CT molecular complexity index is 705. The van der Waals surface area contributed by atoms with Gasteiger partial charge in [-0.1, -0.05) is 18.2 Å². The second kappa shape index (κ2) is 7.13. The molecule has 0 aliphatic rings. The lowest BCUT2D eigenvalue weighted by molar-refractivity contribution is 0.0599. The molecule has 0 atom stereocenters. The number of Topliss-reactive ketones (excluding diaryl/α,β-unsaturated/α-hetero) is 1. The van der Waals surface area contributed by atoms with Crippen LogP contribution in [-0.4, -0.2) is 36.9 Å². The SMILES string of the molecule is CCN(CC(=O)c1[nH]c(C)c(C(=O)OC)c1C)c1ccccc1. The molecule has 0 radical (unpaired) electrons. The summed E-state index contributed by atoms with van der Waals surface area (Å²) in [5.41, 5.74) is 3.21. The Morgan fingerprint density at radius 2 is 1.83 bits per heavy atom. The second-order valence-electron chi connectivity index (χ2n) is 5.39. The van der Waals surface area contributed by atoms with Crippen LogP contribution in [0.4, 0.5) is 5.69 Å². The summed E-state index contributed by atoms with van der Waals surface area (Å²) in [5, 5.41) is 0. The van der Waals surface area contributed by atoms with Gasteiger partial charge in [0, 0.05) is 17.9 Å². The molecule has 0 saturated heterocycles. The Hall–Kier alpha value is -2.56. The van der Waals surface area contributed by atoms with Crippen molar-refractivity contribution in [2.75, 3.05) is 25.1 Å². The van der Waals surface area contributed by atoms with E-state index in [-0.39, 0.29) is 12.3 Å². The fourth-order valence-corrected chi connectivity index (χ4v) is 2.71. The van der Waals surface area contributed by atoms with Crippen LogP contribution in [0.3, 0.4) is 0 Å². The standard InChI is InChI=1S/C18H22N2O3/c1-5-20(14-9-7-6-8-10-14)11-15(21)17-12(2)16(13(3)19-17)18(22)23-4/h6-10,19H,5,11H2,1-4H3. The highest BCUT2D eigenvalue weighted by Crippen LogP contribution is 2.20. The van der Waals surface area contributed by atoms with Gasteiger partial charge in [0.1, 0.15) is 0 Å². The van der Waals surface area contributed by atoms with Gasteiger partial charge in [-0.15, -0.1) is 0 Å². The van der Waals surface area contributed by atoms with Crippen LogP contribution in [0, 0.1) is 13.8 Å². The number of methoxy groups -OCH3 is 1. The molecule has 0 unspecified atom stereocenters. The molecule has 0 saturated carbocycles. The summed E-state index contributed by atoms with van der Waals surface area (Å²) in [6.07, 6.45) is 0. The van der Waals surface area contributed by atoms with E-state index in [9.17, 15) is 9.59 Å². The quantitative estimate of drug-likeness (QED) is 0.657. The molecule has 122 valence electrons. The van der Waals surface area contributed by atoms with Crippen molar-refractivity contribution >= 4 is 17.4 Å². The summed E-state index contributed by atoms with van der Waals surface area (Å²) in [4.78, 5) is 29.5.